The van der Waals surface area contributed by atoms with Crippen LogP contribution in [0.1, 0.15) is 0 Å². The summed E-state index contributed by atoms with van der Waals surface area (Å²) in [6.45, 7) is 0.697. The zero-order valence-corrected chi connectivity index (χ0v) is 5.96. The lowest BCUT2D eigenvalue weighted by Crippen LogP contribution is -2.11. The van der Waals surface area contributed by atoms with Gasteiger partial charge in [0.25, 0.3) is 0 Å². The van der Waals surface area contributed by atoms with Gasteiger partial charge in [0.15, 0.2) is 11.6 Å². The third-order valence-corrected chi connectivity index (χ3v) is 1.11. The summed E-state index contributed by atoms with van der Waals surface area (Å²) in [4.78, 5) is 3.57. The Hall–Kier alpha value is -1.16. The number of rotatable bonds is 3. The molecule has 0 unspecified atom stereocenters. The fraction of sp³-hybridized carbons (Fsp3) is 0.286. The van der Waals surface area contributed by atoms with Crippen molar-refractivity contribution < 1.29 is 9.13 Å². The van der Waals surface area contributed by atoms with Gasteiger partial charge in [0.05, 0.1) is 6.20 Å². The molecular weight excluding hydrogens is 147 g/mol. The highest BCUT2D eigenvalue weighted by Gasteiger charge is 1.99. The van der Waals surface area contributed by atoms with E-state index in [-0.39, 0.29) is 5.75 Å². The number of nitrogens with two attached hydrogens (primary N) is 1. The summed E-state index contributed by atoms with van der Waals surface area (Å²) >= 11 is 0. The van der Waals surface area contributed by atoms with E-state index in [1.807, 2.05) is 0 Å². The highest BCUT2D eigenvalue weighted by Crippen LogP contribution is 2.12. The SMILES string of the molecule is NCCOc1ccncc1F. The van der Waals surface area contributed by atoms with Gasteiger partial charge >= 0.3 is 0 Å². The number of nitrogens with zero attached hydrogens (tertiary/aromatic N) is 1. The molecule has 60 valence electrons. The summed E-state index contributed by atoms with van der Waals surface area (Å²) in [6, 6.07) is 1.46. The molecule has 0 aliphatic carbocycles. The molecule has 0 aliphatic heterocycles. The Bertz CT molecular complexity index is 229. The number of pyridine rings is 1. The molecule has 1 heterocycles. The monoisotopic (exact) mass is 156 g/mol. The van der Waals surface area contributed by atoms with Crippen LogP contribution in [0.25, 0.3) is 0 Å². The topological polar surface area (TPSA) is 48.1 Å². The maximum Gasteiger partial charge on any atom is 0.183 e. The number of hydrogen-bond donors (Lipinski definition) is 1. The summed E-state index contributed by atoms with van der Waals surface area (Å²) in [5.74, 6) is -0.258. The molecule has 1 rings (SSSR count). The van der Waals surface area contributed by atoms with E-state index in [0.29, 0.717) is 13.2 Å². The molecule has 0 amide bonds. The molecule has 1 aromatic rings. The first-order valence-corrected chi connectivity index (χ1v) is 3.27. The molecule has 0 saturated carbocycles. The Labute approximate surface area is 64.0 Å². The lowest BCUT2D eigenvalue weighted by atomic mass is 10.4. The fourth-order valence-electron chi connectivity index (χ4n) is 0.648. The van der Waals surface area contributed by atoms with Crippen molar-refractivity contribution >= 4 is 0 Å². The first kappa shape index (κ1) is 7.94. The van der Waals surface area contributed by atoms with Gasteiger partial charge in [-0.15, -0.1) is 0 Å². The number of halogens is 1. The molecule has 0 spiro atoms. The average Bonchev–Trinajstić information content (AvgIpc) is 2.03. The second-order valence-electron chi connectivity index (χ2n) is 1.94. The molecule has 0 saturated heterocycles. The minimum absolute atomic E-state index is 0.199. The van der Waals surface area contributed by atoms with Crippen LogP contribution in [-0.2, 0) is 0 Å². The van der Waals surface area contributed by atoms with Crippen molar-refractivity contribution in [3.63, 3.8) is 0 Å². The fourth-order valence-corrected chi connectivity index (χ4v) is 0.648. The Balaban J connectivity index is 2.62. The highest BCUT2D eigenvalue weighted by atomic mass is 19.1. The third-order valence-electron chi connectivity index (χ3n) is 1.11. The largest absolute Gasteiger partial charge is 0.489 e. The van der Waals surface area contributed by atoms with Crippen LogP contribution < -0.4 is 10.5 Å². The van der Waals surface area contributed by atoms with Gasteiger partial charge in [-0.05, 0) is 0 Å². The lowest BCUT2D eigenvalue weighted by Gasteiger charge is -2.03. The van der Waals surface area contributed by atoms with E-state index in [4.69, 9.17) is 10.5 Å². The quantitative estimate of drug-likeness (QED) is 0.695. The van der Waals surface area contributed by atoms with Crippen molar-refractivity contribution in [2.45, 2.75) is 0 Å². The molecule has 4 heteroatoms. The summed E-state index contributed by atoms with van der Waals surface area (Å²) in [7, 11) is 0. The highest BCUT2D eigenvalue weighted by molar-refractivity contribution is 5.19. The summed E-state index contributed by atoms with van der Waals surface area (Å²) < 4.78 is 17.6. The maximum atomic E-state index is 12.7. The van der Waals surface area contributed by atoms with E-state index in [0.717, 1.165) is 6.20 Å². The first-order chi connectivity index (χ1) is 5.34. The van der Waals surface area contributed by atoms with Gasteiger partial charge in [-0.25, -0.2) is 4.39 Å². The number of ether oxygens (including phenoxy) is 1. The van der Waals surface area contributed by atoms with Crippen molar-refractivity contribution in [1.29, 1.82) is 0 Å². The van der Waals surface area contributed by atoms with Gasteiger partial charge in [-0.2, -0.15) is 0 Å². The van der Waals surface area contributed by atoms with Gasteiger partial charge in [0, 0.05) is 18.8 Å². The second-order valence-corrected chi connectivity index (χ2v) is 1.94. The smallest absolute Gasteiger partial charge is 0.183 e. The number of hydrogen-bond acceptors (Lipinski definition) is 3. The van der Waals surface area contributed by atoms with Crippen LogP contribution in [0.4, 0.5) is 4.39 Å². The Kier molecular flexibility index (Phi) is 2.80. The van der Waals surface area contributed by atoms with E-state index in [2.05, 4.69) is 4.98 Å². The summed E-state index contributed by atoms with van der Waals surface area (Å²) in [6.07, 6.45) is 2.57. The molecule has 0 bridgehead atoms. The van der Waals surface area contributed by atoms with E-state index >= 15 is 0 Å². The van der Waals surface area contributed by atoms with Crippen molar-refractivity contribution in [2.24, 2.45) is 5.73 Å². The maximum absolute atomic E-state index is 12.7. The predicted octanol–water partition coefficient (Wildman–Crippen LogP) is 0.558. The zero-order valence-electron chi connectivity index (χ0n) is 5.96. The summed E-state index contributed by atoms with van der Waals surface area (Å²) in [5.41, 5.74) is 5.16. The Morgan fingerprint density at radius 1 is 1.64 bits per heavy atom. The van der Waals surface area contributed by atoms with Crippen LogP contribution >= 0.6 is 0 Å². The van der Waals surface area contributed by atoms with Crippen LogP contribution in [0.3, 0.4) is 0 Å². The molecular formula is C7H9FN2O. The number of aromatic nitrogens is 1. The van der Waals surface area contributed by atoms with Crippen molar-refractivity contribution in [3.05, 3.63) is 24.3 Å². The molecule has 0 aromatic carbocycles. The molecule has 3 nitrogen and oxygen atoms in total. The van der Waals surface area contributed by atoms with Gasteiger partial charge in [0.2, 0.25) is 0 Å². The van der Waals surface area contributed by atoms with Crippen molar-refractivity contribution in [3.8, 4) is 5.75 Å². The lowest BCUT2D eigenvalue weighted by molar-refractivity contribution is 0.310. The minimum Gasteiger partial charge on any atom is -0.489 e. The summed E-state index contributed by atoms with van der Waals surface area (Å²) in [5, 5.41) is 0. The third kappa shape index (κ3) is 2.16. The van der Waals surface area contributed by atoms with Gasteiger partial charge in [-0.3, -0.25) is 4.98 Å². The molecule has 0 fully saturated rings. The van der Waals surface area contributed by atoms with E-state index in [9.17, 15) is 4.39 Å². The normalized spacial score (nSPS) is 9.64. The van der Waals surface area contributed by atoms with Crippen LogP contribution in [0, 0.1) is 5.82 Å². The van der Waals surface area contributed by atoms with Crippen LogP contribution in [0.15, 0.2) is 18.5 Å². The van der Waals surface area contributed by atoms with Crippen molar-refractivity contribution in [1.82, 2.24) is 4.98 Å². The Morgan fingerprint density at radius 3 is 3.09 bits per heavy atom. The second kappa shape index (κ2) is 3.88. The first-order valence-electron chi connectivity index (χ1n) is 3.27. The standard InChI is InChI=1S/C7H9FN2O/c8-6-5-10-3-1-7(6)11-4-2-9/h1,3,5H,2,4,9H2. The van der Waals surface area contributed by atoms with E-state index < -0.39 is 5.82 Å². The minimum atomic E-state index is -0.457. The molecule has 11 heavy (non-hydrogen) atoms. The zero-order chi connectivity index (χ0) is 8.10. The molecule has 2 N–H and O–H groups in total. The molecule has 0 atom stereocenters. The van der Waals surface area contributed by atoms with Crippen LogP contribution in [-0.4, -0.2) is 18.1 Å². The van der Waals surface area contributed by atoms with E-state index in [1.54, 1.807) is 0 Å². The molecule has 0 radical (unpaired) electrons. The van der Waals surface area contributed by atoms with Crippen molar-refractivity contribution in [2.75, 3.05) is 13.2 Å². The van der Waals surface area contributed by atoms with Crippen LogP contribution in [0.5, 0.6) is 5.75 Å². The van der Waals surface area contributed by atoms with E-state index in [1.165, 1.54) is 12.3 Å². The Morgan fingerprint density at radius 2 is 2.45 bits per heavy atom. The van der Waals surface area contributed by atoms with Gasteiger partial charge in [-0.1, -0.05) is 0 Å². The molecule has 0 aliphatic rings. The van der Waals surface area contributed by atoms with Crippen LogP contribution in [0.2, 0.25) is 0 Å². The average molecular weight is 156 g/mol. The predicted molar refractivity (Wildman–Crippen MR) is 38.7 cm³/mol. The van der Waals surface area contributed by atoms with Gasteiger partial charge in [0.1, 0.15) is 6.61 Å². The molecule has 1 aromatic heterocycles. The van der Waals surface area contributed by atoms with Gasteiger partial charge < -0.3 is 10.5 Å².